The number of para-hydroxylation sites is 1. The number of nitrogens with one attached hydrogen (secondary N) is 1. The van der Waals surface area contributed by atoms with Gasteiger partial charge in [0.05, 0.1) is 24.4 Å². The highest BCUT2D eigenvalue weighted by Gasteiger charge is 2.13. The molecule has 0 aliphatic rings. The van der Waals surface area contributed by atoms with E-state index in [2.05, 4.69) is 40.2 Å². The molecule has 0 saturated carbocycles. The summed E-state index contributed by atoms with van der Waals surface area (Å²) in [5.41, 5.74) is 8.89. The molecule has 0 fully saturated rings. The minimum atomic E-state index is 0.438. The van der Waals surface area contributed by atoms with Gasteiger partial charge in [0.2, 0.25) is 0 Å². The first-order chi connectivity index (χ1) is 15.1. The van der Waals surface area contributed by atoms with Gasteiger partial charge < -0.3 is 9.99 Å². The van der Waals surface area contributed by atoms with Crippen LogP contribution in [0.15, 0.2) is 71.8 Å². The van der Waals surface area contributed by atoms with Crippen molar-refractivity contribution in [2.45, 2.75) is 20.0 Å². The van der Waals surface area contributed by atoms with Crippen LogP contribution in [0, 0.1) is 18.3 Å². The number of hydrazone groups is 1. The Labute approximate surface area is 191 Å². The van der Waals surface area contributed by atoms with Crippen molar-refractivity contribution in [2.75, 3.05) is 0 Å². The van der Waals surface area contributed by atoms with E-state index in [9.17, 15) is 5.26 Å². The van der Waals surface area contributed by atoms with Crippen LogP contribution in [0.3, 0.4) is 0 Å². The van der Waals surface area contributed by atoms with Crippen LogP contribution in [0.25, 0.3) is 10.9 Å². The monoisotopic (exact) mass is 446 g/mol. The van der Waals surface area contributed by atoms with Crippen LogP contribution >= 0.6 is 23.2 Å². The molecule has 0 aliphatic carbocycles. The van der Waals surface area contributed by atoms with Crippen molar-refractivity contribution in [2.24, 2.45) is 5.10 Å². The summed E-state index contributed by atoms with van der Waals surface area (Å²) in [4.78, 5) is 0. The van der Waals surface area contributed by atoms with Gasteiger partial charge >= 0.3 is 0 Å². The number of fused-ring (bicyclic) bond motifs is 1. The summed E-state index contributed by atoms with van der Waals surface area (Å²) in [7, 11) is 0. The molecule has 1 N–H and O–H groups in total. The Bertz CT molecular complexity index is 1290. The number of nitriles is 1. The van der Waals surface area contributed by atoms with Crippen molar-refractivity contribution in [1.29, 1.82) is 5.26 Å². The molecule has 0 amide bonds. The molecule has 0 atom stereocenters. The van der Waals surface area contributed by atoms with Crippen LogP contribution in [-0.2, 0) is 13.1 Å². The topological polar surface area (TPSA) is 53.1 Å². The number of rotatable bonds is 6. The summed E-state index contributed by atoms with van der Waals surface area (Å²) in [5.74, 6) is 0. The first kappa shape index (κ1) is 21.0. The Morgan fingerprint density at radius 3 is 2.55 bits per heavy atom. The largest absolute Gasteiger partial charge is 0.340 e. The first-order valence-corrected chi connectivity index (χ1v) is 10.6. The minimum Gasteiger partial charge on any atom is -0.340 e. The number of hydrogen-bond acceptors (Lipinski definition) is 3. The molecule has 4 rings (SSSR count). The highest BCUT2D eigenvalue weighted by atomic mass is 35.5. The van der Waals surface area contributed by atoms with Crippen molar-refractivity contribution < 1.29 is 0 Å². The molecule has 0 aliphatic heterocycles. The third-order valence-corrected chi connectivity index (χ3v) is 5.99. The summed E-state index contributed by atoms with van der Waals surface area (Å²) < 4.78 is 2.25. The number of benzene rings is 3. The van der Waals surface area contributed by atoms with E-state index in [-0.39, 0.29) is 0 Å². The second-order valence-corrected chi connectivity index (χ2v) is 8.02. The molecule has 1 aromatic heterocycles. The van der Waals surface area contributed by atoms with Crippen molar-refractivity contribution in [1.82, 2.24) is 9.99 Å². The molecule has 1 heterocycles. The average molecular weight is 447 g/mol. The standard InChI is InChI=1S/C25H20Cl2N4/c1-17-21(14-29-30-15-22-23(26)9-5-10-24(22)27)20-8-2-3-11-25(20)31(17)16-19-7-4-6-18(12-19)13-28/h2-12,14,30H,15-16H2,1H3/b29-14+. The van der Waals surface area contributed by atoms with Crippen molar-refractivity contribution in [3.05, 3.63) is 105 Å². The molecule has 0 spiro atoms. The van der Waals surface area contributed by atoms with E-state index in [1.54, 1.807) is 0 Å². The molecule has 4 aromatic rings. The highest BCUT2D eigenvalue weighted by Crippen LogP contribution is 2.26. The van der Waals surface area contributed by atoms with E-state index >= 15 is 0 Å². The predicted molar refractivity (Wildman–Crippen MR) is 128 cm³/mol. The second-order valence-electron chi connectivity index (χ2n) is 7.21. The molecule has 4 nitrogen and oxygen atoms in total. The van der Waals surface area contributed by atoms with Crippen LogP contribution in [0.1, 0.15) is 27.9 Å². The van der Waals surface area contributed by atoms with E-state index < -0.39 is 0 Å². The zero-order valence-electron chi connectivity index (χ0n) is 16.9. The highest BCUT2D eigenvalue weighted by molar-refractivity contribution is 6.35. The van der Waals surface area contributed by atoms with Crippen LogP contribution in [0.5, 0.6) is 0 Å². The normalized spacial score (nSPS) is 11.2. The molecule has 0 unspecified atom stereocenters. The Kier molecular flexibility index (Phi) is 6.27. The zero-order chi connectivity index (χ0) is 21.8. The van der Waals surface area contributed by atoms with Crippen molar-refractivity contribution in [3.8, 4) is 6.07 Å². The predicted octanol–water partition coefficient (Wildman–Crippen LogP) is 6.30. The number of aromatic nitrogens is 1. The molecule has 0 bridgehead atoms. The maximum atomic E-state index is 9.20. The van der Waals surface area contributed by atoms with Crippen molar-refractivity contribution in [3.63, 3.8) is 0 Å². The lowest BCUT2D eigenvalue weighted by Gasteiger charge is -2.09. The van der Waals surface area contributed by atoms with E-state index in [4.69, 9.17) is 23.2 Å². The van der Waals surface area contributed by atoms with Crippen molar-refractivity contribution >= 4 is 40.3 Å². The molecule has 6 heteroatoms. The van der Waals surface area contributed by atoms with Gasteiger partial charge in [0.25, 0.3) is 0 Å². The summed E-state index contributed by atoms with van der Waals surface area (Å²) in [5, 5.41) is 16.0. The molecular weight excluding hydrogens is 427 g/mol. The Balaban J connectivity index is 1.62. The van der Waals surface area contributed by atoms with Gasteiger partial charge in [0, 0.05) is 44.3 Å². The molecule has 0 radical (unpaired) electrons. The van der Waals surface area contributed by atoms with Crippen LogP contribution < -0.4 is 5.43 Å². The fraction of sp³-hybridized carbons (Fsp3) is 0.120. The molecule has 154 valence electrons. The van der Waals surface area contributed by atoms with Gasteiger partial charge in [0.15, 0.2) is 0 Å². The first-order valence-electron chi connectivity index (χ1n) is 9.84. The maximum Gasteiger partial charge on any atom is 0.0991 e. The van der Waals surface area contributed by atoms with E-state index in [1.165, 1.54) is 0 Å². The third kappa shape index (κ3) is 4.44. The SMILES string of the molecule is Cc1c(/C=N/NCc2c(Cl)cccc2Cl)c2ccccc2n1Cc1cccc(C#N)c1. The van der Waals surface area contributed by atoms with Gasteiger partial charge in [-0.3, -0.25) is 0 Å². The van der Waals surface area contributed by atoms with Gasteiger partial charge in [-0.05, 0) is 42.8 Å². The smallest absolute Gasteiger partial charge is 0.0991 e. The number of hydrogen-bond donors (Lipinski definition) is 1. The fourth-order valence-electron chi connectivity index (χ4n) is 3.68. The minimum absolute atomic E-state index is 0.438. The quantitative estimate of drug-likeness (QED) is 0.279. The summed E-state index contributed by atoms with van der Waals surface area (Å²) in [6, 6.07) is 23.6. The second kappa shape index (κ2) is 9.26. The maximum absolute atomic E-state index is 9.20. The molecule has 0 saturated heterocycles. The number of nitrogens with zero attached hydrogens (tertiary/aromatic N) is 3. The van der Waals surface area contributed by atoms with Gasteiger partial charge in [0.1, 0.15) is 0 Å². The fourth-order valence-corrected chi connectivity index (χ4v) is 4.21. The van der Waals surface area contributed by atoms with Gasteiger partial charge in [-0.15, -0.1) is 0 Å². The Morgan fingerprint density at radius 1 is 1.03 bits per heavy atom. The zero-order valence-corrected chi connectivity index (χ0v) is 18.5. The molecular formula is C25H20Cl2N4. The van der Waals surface area contributed by atoms with Crippen LogP contribution in [0.2, 0.25) is 10.0 Å². The lowest BCUT2D eigenvalue weighted by molar-refractivity contribution is 0.748. The third-order valence-electron chi connectivity index (χ3n) is 5.28. The van der Waals surface area contributed by atoms with Gasteiger partial charge in [-0.1, -0.05) is 59.6 Å². The van der Waals surface area contributed by atoms with E-state index in [0.29, 0.717) is 28.7 Å². The van der Waals surface area contributed by atoms with E-state index in [0.717, 1.165) is 33.3 Å². The Morgan fingerprint density at radius 2 is 1.77 bits per heavy atom. The van der Waals surface area contributed by atoms with Gasteiger partial charge in [-0.25, -0.2) is 0 Å². The molecule has 31 heavy (non-hydrogen) atoms. The summed E-state index contributed by atoms with van der Waals surface area (Å²) in [6.45, 7) is 3.20. The lowest BCUT2D eigenvalue weighted by atomic mass is 10.1. The van der Waals surface area contributed by atoms with Crippen LogP contribution in [-0.4, -0.2) is 10.8 Å². The Hall–Kier alpha value is -3.26. The molecule has 3 aromatic carbocycles. The van der Waals surface area contributed by atoms with Gasteiger partial charge in [-0.2, -0.15) is 10.4 Å². The number of halogens is 2. The van der Waals surface area contributed by atoms with Crippen LogP contribution in [0.4, 0.5) is 0 Å². The summed E-state index contributed by atoms with van der Waals surface area (Å²) in [6.07, 6.45) is 1.84. The lowest BCUT2D eigenvalue weighted by Crippen LogP contribution is -2.07. The average Bonchev–Trinajstić information content (AvgIpc) is 3.04. The van der Waals surface area contributed by atoms with E-state index in [1.807, 2.05) is 60.8 Å². The summed E-state index contributed by atoms with van der Waals surface area (Å²) >= 11 is 12.5.